The zero-order chi connectivity index (χ0) is 9.26. The van der Waals surface area contributed by atoms with E-state index in [1.807, 2.05) is 6.08 Å². The van der Waals surface area contributed by atoms with Crippen molar-refractivity contribution in [2.24, 2.45) is 0 Å². The van der Waals surface area contributed by atoms with Gasteiger partial charge in [-0.15, -0.1) is 0 Å². The van der Waals surface area contributed by atoms with Crippen molar-refractivity contribution in [3.8, 4) is 0 Å². The van der Waals surface area contributed by atoms with Crippen molar-refractivity contribution in [2.45, 2.75) is 19.8 Å². The molecule has 0 aliphatic heterocycles. The van der Waals surface area contributed by atoms with E-state index < -0.39 is 0 Å². The molecule has 0 aromatic heterocycles. The van der Waals surface area contributed by atoms with Gasteiger partial charge in [-0.05, 0) is 29.5 Å². The molecule has 0 heterocycles. The lowest BCUT2D eigenvalue weighted by atomic mass is 10.0. The van der Waals surface area contributed by atoms with E-state index in [1.54, 1.807) is 0 Å². The summed E-state index contributed by atoms with van der Waals surface area (Å²) in [4.78, 5) is 0. The Morgan fingerprint density at radius 2 is 2.31 bits per heavy atom. The van der Waals surface area contributed by atoms with E-state index in [9.17, 15) is 0 Å². The summed E-state index contributed by atoms with van der Waals surface area (Å²) in [5.74, 6) is 0. The Labute approximate surface area is 79.6 Å². The maximum atomic E-state index is 3.83. The van der Waals surface area contributed by atoms with Crippen LogP contribution in [0.15, 0.2) is 30.4 Å². The smallest absolute Gasteiger partial charge is 0.00577 e. The second kappa shape index (κ2) is 3.21. The lowest BCUT2D eigenvalue weighted by Gasteiger charge is -2.01. The van der Waals surface area contributed by atoms with Crippen molar-refractivity contribution in [3.63, 3.8) is 0 Å². The molecule has 2 rings (SSSR count). The Bertz CT molecular complexity index is 370. The van der Waals surface area contributed by atoms with Crippen LogP contribution in [0, 0.1) is 0 Å². The molecule has 1 aromatic carbocycles. The van der Waals surface area contributed by atoms with E-state index in [1.165, 1.54) is 22.3 Å². The van der Waals surface area contributed by atoms with E-state index in [4.69, 9.17) is 0 Å². The van der Waals surface area contributed by atoms with Crippen LogP contribution in [-0.4, -0.2) is 0 Å². The summed E-state index contributed by atoms with van der Waals surface area (Å²) < 4.78 is 0. The first-order chi connectivity index (χ1) is 6.35. The molecule has 0 spiro atoms. The first-order valence-corrected chi connectivity index (χ1v) is 4.79. The third kappa shape index (κ3) is 1.33. The van der Waals surface area contributed by atoms with Gasteiger partial charge in [-0.1, -0.05) is 49.4 Å². The summed E-state index contributed by atoms with van der Waals surface area (Å²) in [5.41, 5.74) is 5.63. The fourth-order valence-corrected chi connectivity index (χ4v) is 1.87. The summed E-state index contributed by atoms with van der Waals surface area (Å²) >= 11 is 0. The Morgan fingerprint density at radius 3 is 3.00 bits per heavy atom. The lowest BCUT2D eigenvalue weighted by Crippen LogP contribution is -1.85. The quantitative estimate of drug-likeness (QED) is 0.635. The minimum absolute atomic E-state index is 1.13. The van der Waals surface area contributed by atoms with Gasteiger partial charge in [-0.3, -0.25) is 0 Å². The van der Waals surface area contributed by atoms with Crippen LogP contribution >= 0.6 is 0 Å². The summed E-state index contributed by atoms with van der Waals surface area (Å²) in [7, 11) is 0. The van der Waals surface area contributed by atoms with Crippen molar-refractivity contribution >= 4 is 12.2 Å². The molecule has 13 heavy (non-hydrogen) atoms. The van der Waals surface area contributed by atoms with E-state index in [-0.39, 0.29) is 0 Å². The van der Waals surface area contributed by atoms with Gasteiger partial charge in [0.2, 0.25) is 0 Å². The summed E-state index contributed by atoms with van der Waals surface area (Å²) in [5, 5.41) is 0. The molecule has 66 valence electrons. The van der Waals surface area contributed by atoms with Gasteiger partial charge in [0.05, 0.1) is 0 Å². The summed E-state index contributed by atoms with van der Waals surface area (Å²) in [6.45, 7) is 6.04. The Morgan fingerprint density at radius 1 is 1.46 bits per heavy atom. The Hall–Kier alpha value is -1.30. The fraction of sp³-hybridized carbons (Fsp3) is 0.231. The van der Waals surface area contributed by atoms with Gasteiger partial charge in [0, 0.05) is 0 Å². The van der Waals surface area contributed by atoms with E-state index in [2.05, 4.69) is 37.8 Å². The van der Waals surface area contributed by atoms with Crippen molar-refractivity contribution < 1.29 is 0 Å². The number of hydrogen-bond donors (Lipinski definition) is 0. The summed E-state index contributed by atoms with van der Waals surface area (Å²) in [6.07, 6.45) is 6.54. The molecule has 0 N–H and O–H groups in total. The number of hydrogen-bond acceptors (Lipinski definition) is 0. The van der Waals surface area contributed by atoms with Gasteiger partial charge in [0.15, 0.2) is 0 Å². The highest BCUT2D eigenvalue weighted by Gasteiger charge is 2.12. The molecule has 0 atom stereocenters. The minimum Gasteiger partial charge on any atom is -0.0984 e. The average molecular weight is 170 g/mol. The predicted molar refractivity (Wildman–Crippen MR) is 58.5 cm³/mol. The number of benzene rings is 1. The fourth-order valence-electron chi connectivity index (χ4n) is 1.87. The standard InChI is InChI=1S/C13H14/c1-3-10-8-12-7-5-6-11(4-2)13(12)9-10/h4-7,9H,2-3,8H2,1H3. The molecular formula is C13H14. The maximum absolute atomic E-state index is 3.83. The molecule has 0 amide bonds. The van der Waals surface area contributed by atoms with Crippen LogP contribution in [0.25, 0.3) is 12.2 Å². The number of rotatable bonds is 2. The zero-order valence-electron chi connectivity index (χ0n) is 8.01. The maximum Gasteiger partial charge on any atom is -0.00577 e. The molecular weight excluding hydrogens is 156 g/mol. The second-order valence-electron chi connectivity index (χ2n) is 3.46. The van der Waals surface area contributed by atoms with Crippen LogP contribution < -0.4 is 0 Å². The molecule has 1 aromatic rings. The van der Waals surface area contributed by atoms with Gasteiger partial charge in [0.25, 0.3) is 0 Å². The van der Waals surface area contributed by atoms with Crippen LogP contribution in [0.2, 0.25) is 0 Å². The van der Waals surface area contributed by atoms with E-state index in [0.717, 1.165) is 12.8 Å². The molecule has 1 aliphatic rings. The molecule has 1 aliphatic carbocycles. The molecule has 0 saturated heterocycles. The predicted octanol–water partition coefficient (Wildman–Crippen LogP) is 3.68. The van der Waals surface area contributed by atoms with Crippen LogP contribution in [0.5, 0.6) is 0 Å². The first-order valence-electron chi connectivity index (χ1n) is 4.79. The Balaban J connectivity index is 2.51. The monoisotopic (exact) mass is 170 g/mol. The third-order valence-corrected chi connectivity index (χ3v) is 2.67. The van der Waals surface area contributed by atoms with Gasteiger partial charge in [0.1, 0.15) is 0 Å². The van der Waals surface area contributed by atoms with Crippen LogP contribution in [0.3, 0.4) is 0 Å². The average Bonchev–Trinajstić information content (AvgIpc) is 2.59. The van der Waals surface area contributed by atoms with Gasteiger partial charge in [-0.2, -0.15) is 0 Å². The van der Waals surface area contributed by atoms with Crippen LogP contribution in [0.1, 0.15) is 30.0 Å². The number of fused-ring (bicyclic) bond motifs is 1. The molecule has 0 nitrogen and oxygen atoms in total. The molecule has 0 heteroatoms. The topological polar surface area (TPSA) is 0 Å². The van der Waals surface area contributed by atoms with Crippen molar-refractivity contribution in [2.75, 3.05) is 0 Å². The highest BCUT2D eigenvalue weighted by atomic mass is 14.2. The Kier molecular flexibility index (Phi) is 2.05. The van der Waals surface area contributed by atoms with Gasteiger partial charge >= 0.3 is 0 Å². The van der Waals surface area contributed by atoms with Crippen molar-refractivity contribution in [1.29, 1.82) is 0 Å². The third-order valence-electron chi connectivity index (χ3n) is 2.67. The SMILES string of the molecule is C=Cc1cccc2c1C=C(CC)C2. The largest absolute Gasteiger partial charge is 0.0984 e. The van der Waals surface area contributed by atoms with Crippen LogP contribution in [-0.2, 0) is 6.42 Å². The lowest BCUT2D eigenvalue weighted by molar-refractivity contribution is 1.04. The second-order valence-corrected chi connectivity index (χ2v) is 3.46. The van der Waals surface area contributed by atoms with Crippen LogP contribution in [0.4, 0.5) is 0 Å². The highest BCUT2D eigenvalue weighted by Crippen LogP contribution is 2.29. The summed E-state index contributed by atoms with van der Waals surface area (Å²) in [6, 6.07) is 6.45. The van der Waals surface area contributed by atoms with Crippen molar-refractivity contribution in [1.82, 2.24) is 0 Å². The number of allylic oxidation sites excluding steroid dienone is 1. The van der Waals surface area contributed by atoms with Crippen molar-refractivity contribution in [3.05, 3.63) is 47.0 Å². The van der Waals surface area contributed by atoms with Gasteiger partial charge < -0.3 is 0 Å². The van der Waals surface area contributed by atoms with E-state index in [0.29, 0.717) is 0 Å². The molecule has 0 unspecified atom stereocenters. The molecule has 0 saturated carbocycles. The molecule has 0 bridgehead atoms. The molecule has 0 radical (unpaired) electrons. The van der Waals surface area contributed by atoms with Gasteiger partial charge in [-0.25, -0.2) is 0 Å². The molecule has 0 fully saturated rings. The highest BCUT2D eigenvalue weighted by molar-refractivity contribution is 5.72. The normalized spacial score (nSPS) is 13.8. The van der Waals surface area contributed by atoms with E-state index >= 15 is 0 Å². The first kappa shape index (κ1) is 8.31. The zero-order valence-corrected chi connectivity index (χ0v) is 8.01. The minimum atomic E-state index is 1.13.